The number of rotatable bonds is 7. The monoisotopic (exact) mass is 355 g/mol. The van der Waals surface area contributed by atoms with Crippen molar-refractivity contribution in [2.45, 2.75) is 18.5 Å². The van der Waals surface area contributed by atoms with E-state index in [2.05, 4.69) is 0 Å². The first-order valence-corrected chi connectivity index (χ1v) is 6.97. The highest BCUT2D eigenvalue weighted by Crippen LogP contribution is 2.45. The van der Waals surface area contributed by atoms with Crippen LogP contribution in [0.5, 0.6) is 0 Å². The van der Waals surface area contributed by atoms with Gasteiger partial charge in [0.05, 0.1) is 4.92 Å². The number of hydrogen-bond acceptors (Lipinski definition) is 4. The minimum atomic E-state index is -5.82. The molecule has 0 unspecified atom stereocenters. The Labute approximate surface area is 135 Å². The van der Waals surface area contributed by atoms with E-state index in [4.69, 9.17) is 0 Å². The van der Waals surface area contributed by atoms with Gasteiger partial charge >= 0.3 is 12.1 Å². The van der Waals surface area contributed by atoms with E-state index < -0.39 is 28.3 Å². The number of nitro benzene ring substituents is 1. The third kappa shape index (κ3) is 4.53. The molecular formula is C14H18F5N3O2. The van der Waals surface area contributed by atoms with Crippen LogP contribution >= 0.6 is 0 Å². The number of hydrogen-bond donors (Lipinski definition) is 0. The van der Waals surface area contributed by atoms with Crippen LogP contribution in [-0.4, -0.2) is 50.2 Å². The standard InChI is InChI=1S/C14H18F5N3O2/c1-20(2)7-4-8-21(3)11-6-5-10(9-12(11)22(23)24)13(15,16)14(17,18)19/h5-6,9H,4,7-8H2,1-3H3. The van der Waals surface area contributed by atoms with Crippen molar-refractivity contribution in [1.29, 1.82) is 0 Å². The van der Waals surface area contributed by atoms with Gasteiger partial charge in [-0.3, -0.25) is 10.1 Å². The second-order valence-corrected chi connectivity index (χ2v) is 5.61. The highest BCUT2D eigenvalue weighted by molar-refractivity contribution is 5.64. The Morgan fingerprint density at radius 2 is 1.67 bits per heavy atom. The summed E-state index contributed by atoms with van der Waals surface area (Å²) in [7, 11) is 5.20. The van der Waals surface area contributed by atoms with Crippen molar-refractivity contribution >= 4 is 11.4 Å². The summed E-state index contributed by atoms with van der Waals surface area (Å²) in [6, 6.07) is 1.77. The molecule has 0 bridgehead atoms. The van der Waals surface area contributed by atoms with E-state index in [-0.39, 0.29) is 11.8 Å². The van der Waals surface area contributed by atoms with Crippen LogP contribution in [-0.2, 0) is 5.92 Å². The molecule has 5 nitrogen and oxygen atoms in total. The largest absolute Gasteiger partial charge is 0.458 e. The van der Waals surface area contributed by atoms with Gasteiger partial charge in [-0.15, -0.1) is 0 Å². The minimum absolute atomic E-state index is 0.0134. The summed E-state index contributed by atoms with van der Waals surface area (Å²) in [6.07, 6.45) is -5.18. The van der Waals surface area contributed by atoms with E-state index in [1.54, 1.807) is 0 Å². The molecular weight excluding hydrogens is 337 g/mol. The molecule has 0 saturated carbocycles. The van der Waals surface area contributed by atoms with Crippen molar-refractivity contribution in [3.8, 4) is 0 Å². The molecule has 0 radical (unpaired) electrons. The summed E-state index contributed by atoms with van der Waals surface area (Å²) >= 11 is 0. The Kier molecular flexibility index (Phi) is 6.09. The van der Waals surface area contributed by atoms with Gasteiger partial charge in [-0.05, 0) is 33.1 Å². The lowest BCUT2D eigenvalue weighted by Crippen LogP contribution is -2.33. The van der Waals surface area contributed by atoms with E-state index in [9.17, 15) is 32.1 Å². The molecule has 0 atom stereocenters. The number of nitro groups is 1. The first kappa shape index (κ1) is 20.1. The van der Waals surface area contributed by atoms with Gasteiger partial charge in [0, 0.05) is 25.2 Å². The van der Waals surface area contributed by atoms with Gasteiger partial charge in [-0.1, -0.05) is 6.07 Å². The van der Waals surface area contributed by atoms with Gasteiger partial charge in [0.2, 0.25) is 0 Å². The molecule has 0 aliphatic heterocycles. The fourth-order valence-corrected chi connectivity index (χ4v) is 2.10. The molecule has 0 spiro atoms. The van der Waals surface area contributed by atoms with E-state index >= 15 is 0 Å². The summed E-state index contributed by atoms with van der Waals surface area (Å²) in [4.78, 5) is 13.5. The molecule has 0 amide bonds. The van der Waals surface area contributed by atoms with Crippen LogP contribution in [0.15, 0.2) is 18.2 Å². The first-order valence-electron chi connectivity index (χ1n) is 6.97. The Morgan fingerprint density at radius 1 is 1.08 bits per heavy atom. The van der Waals surface area contributed by atoms with Crippen LogP contribution < -0.4 is 4.90 Å². The Bertz CT molecular complexity index is 590. The van der Waals surface area contributed by atoms with Gasteiger partial charge < -0.3 is 9.80 Å². The summed E-state index contributed by atoms with van der Waals surface area (Å²) in [5, 5.41) is 11.1. The lowest BCUT2D eigenvalue weighted by atomic mass is 10.1. The van der Waals surface area contributed by atoms with Gasteiger partial charge in [0.1, 0.15) is 5.69 Å². The smallest absolute Gasteiger partial charge is 0.369 e. The molecule has 0 saturated heterocycles. The summed E-state index contributed by atoms with van der Waals surface area (Å²) < 4.78 is 64.0. The van der Waals surface area contributed by atoms with Crippen molar-refractivity contribution in [3.05, 3.63) is 33.9 Å². The molecule has 0 aliphatic carbocycles. The Balaban J connectivity index is 3.15. The van der Waals surface area contributed by atoms with Crippen LogP contribution in [0.4, 0.5) is 33.3 Å². The van der Waals surface area contributed by atoms with Crippen molar-refractivity contribution in [2.24, 2.45) is 0 Å². The van der Waals surface area contributed by atoms with Crippen LogP contribution in [0.3, 0.4) is 0 Å². The lowest BCUT2D eigenvalue weighted by Gasteiger charge is -2.23. The fraction of sp³-hybridized carbons (Fsp3) is 0.571. The van der Waals surface area contributed by atoms with E-state index in [1.165, 1.54) is 11.9 Å². The number of nitrogens with zero attached hydrogens (tertiary/aromatic N) is 3. The first-order chi connectivity index (χ1) is 10.9. The Hall–Kier alpha value is -1.97. The fourth-order valence-electron chi connectivity index (χ4n) is 2.10. The maximum absolute atomic E-state index is 13.4. The predicted molar refractivity (Wildman–Crippen MR) is 79.5 cm³/mol. The van der Waals surface area contributed by atoms with Crippen LogP contribution in [0.1, 0.15) is 12.0 Å². The Morgan fingerprint density at radius 3 is 2.12 bits per heavy atom. The number of benzene rings is 1. The maximum Gasteiger partial charge on any atom is 0.458 e. The minimum Gasteiger partial charge on any atom is -0.369 e. The van der Waals surface area contributed by atoms with Crippen LogP contribution in [0.25, 0.3) is 0 Å². The second kappa shape index (κ2) is 7.29. The number of halogens is 5. The normalized spacial score (nSPS) is 12.5. The molecule has 0 heterocycles. The van der Waals surface area contributed by atoms with Crippen molar-refractivity contribution in [3.63, 3.8) is 0 Å². The van der Waals surface area contributed by atoms with Crippen LogP contribution in [0, 0.1) is 10.1 Å². The third-order valence-corrected chi connectivity index (χ3v) is 3.40. The van der Waals surface area contributed by atoms with E-state index in [0.717, 1.165) is 6.07 Å². The molecule has 24 heavy (non-hydrogen) atoms. The molecule has 0 aliphatic rings. The zero-order valence-electron chi connectivity index (χ0n) is 13.4. The summed E-state index contributed by atoms with van der Waals surface area (Å²) in [6.45, 7) is 1.08. The molecule has 0 fully saturated rings. The van der Waals surface area contributed by atoms with Gasteiger partial charge in [-0.2, -0.15) is 22.0 Å². The molecule has 1 rings (SSSR count). The zero-order valence-corrected chi connectivity index (χ0v) is 13.4. The quantitative estimate of drug-likeness (QED) is 0.426. The lowest BCUT2D eigenvalue weighted by molar-refractivity contribution is -0.384. The van der Waals surface area contributed by atoms with Crippen molar-refractivity contribution < 1.29 is 26.9 Å². The van der Waals surface area contributed by atoms with Crippen molar-refractivity contribution in [2.75, 3.05) is 39.1 Å². The average molecular weight is 355 g/mol. The predicted octanol–water partition coefficient (Wildman–Crippen LogP) is 3.64. The average Bonchev–Trinajstić information content (AvgIpc) is 2.44. The highest BCUT2D eigenvalue weighted by Gasteiger charge is 2.59. The summed E-state index contributed by atoms with van der Waals surface area (Å²) in [5.74, 6) is -5.15. The molecule has 0 aromatic heterocycles. The van der Waals surface area contributed by atoms with Gasteiger partial charge in [0.15, 0.2) is 0 Å². The van der Waals surface area contributed by atoms with Crippen LogP contribution in [0.2, 0.25) is 0 Å². The van der Waals surface area contributed by atoms with Crippen molar-refractivity contribution in [1.82, 2.24) is 4.90 Å². The molecule has 0 N–H and O–H groups in total. The third-order valence-electron chi connectivity index (χ3n) is 3.40. The van der Waals surface area contributed by atoms with E-state index in [1.807, 2.05) is 19.0 Å². The molecule has 136 valence electrons. The molecule has 10 heteroatoms. The zero-order chi connectivity index (χ0) is 18.7. The highest BCUT2D eigenvalue weighted by atomic mass is 19.4. The van der Waals surface area contributed by atoms with Gasteiger partial charge in [-0.25, -0.2) is 0 Å². The van der Waals surface area contributed by atoms with Gasteiger partial charge in [0.25, 0.3) is 5.69 Å². The maximum atomic E-state index is 13.4. The topological polar surface area (TPSA) is 49.6 Å². The van der Waals surface area contributed by atoms with E-state index in [0.29, 0.717) is 25.6 Å². The number of alkyl halides is 5. The summed E-state index contributed by atoms with van der Waals surface area (Å²) in [5.41, 5.74) is -2.25. The second-order valence-electron chi connectivity index (χ2n) is 5.61. The number of anilines is 1. The molecule has 1 aromatic rings. The SMILES string of the molecule is CN(C)CCCN(C)c1ccc(C(F)(F)C(F)(F)F)cc1[N+](=O)[O-]. The molecule has 1 aromatic carbocycles.